The quantitative estimate of drug-likeness (QED) is 0.753. The van der Waals surface area contributed by atoms with Crippen LogP contribution < -0.4 is 5.32 Å². The number of amides is 1. The summed E-state index contributed by atoms with van der Waals surface area (Å²) < 4.78 is 40.6. The summed E-state index contributed by atoms with van der Waals surface area (Å²) in [4.78, 5) is 12.5. The molecule has 4 nitrogen and oxygen atoms in total. The lowest BCUT2D eigenvalue weighted by molar-refractivity contribution is -0.137. The Morgan fingerprint density at radius 3 is 2.50 bits per heavy atom. The van der Waals surface area contributed by atoms with Crippen LogP contribution in [0.4, 0.5) is 13.2 Å². The van der Waals surface area contributed by atoms with E-state index in [0.29, 0.717) is 22.5 Å². The number of carbonyl (C=O) groups excluding carboxylic acids is 1. The first-order valence-corrected chi connectivity index (χ1v) is 7.99. The summed E-state index contributed by atoms with van der Waals surface area (Å²) in [7, 11) is 0. The van der Waals surface area contributed by atoms with Crippen molar-refractivity contribution in [1.29, 1.82) is 0 Å². The Kier molecular flexibility index (Phi) is 3.61. The minimum atomic E-state index is -4.44. The van der Waals surface area contributed by atoms with Crippen LogP contribution in [0.3, 0.4) is 0 Å². The first-order valence-electron chi connectivity index (χ1n) is 7.99. The van der Waals surface area contributed by atoms with Gasteiger partial charge in [0.2, 0.25) is 0 Å². The van der Waals surface area contributed by atoms with E-state index in [4.69, 9.17) is 0 Å². The number of carbonyl (C=O) groups is 1. The van der Waals surface area contributed by atoms with Gasteiger partial charge in [0, 0.05) is 5.56 Å². The molecule has 1 aliphatic rings. The fraction of sp³-hybridized carbons (Fsp3) is 0.158. The zero-order chi connectivity index (χ0) is 18.5. The van der Waals surface area contributed by atoms with Gasteiger partial charge >= 0.3 is 6.18 Å². The van der Waals surface area contributed by atoms with Crippen LogP contribution in [-0.4, -0.2) is 15.7 Å². The van der Waals surface area contributed by atoms with Crippen LogP contribution in [-0.2, 0) is 6.18 Å². The summed E-state index contributed by atoms with van der Waals surface area (Å²) in [5.41, 5.74) is 1.92. The molecule has 0 radical (unpaired) electrons. The van der Waals surface area contributed by atoms with E-state index in [1.807, 2.05) is 30.3 Å². The third-order valence-corrected chi connectivity index (χ3v) is 4.43. The second-order valence-corrected chi connectivity index (χ2v) is 6.12. The lowest BCUT2D eigenvalue weighted by atomic mass is 9.98. The van der Waals surface area contributed by atoms with E-state index in [-0.39, 0.29) is 5.91 Å². The molecule has 0 aliphatic carbocycles. The number of nitrogens with zero attached hydrogens (tertiary/aromatic N) is 2. The molecule has 2 aromatic carbocycles. The topological polar surface area (TPSA) is 46.9 Å². The fourth-order valence-corrected chi connectivity index (χ4v) is 3.28. The van der Waals surface area contributed by atoms with E-state index in [1.54, 1.807) is 13.0 Å². The number of benzene rings is 2. The van der Waals surface area contributed by atoms with Crippen LogP contribution in [0.15, 0.2) is 54.6 Å². The molecular formula is C19H14F3N3O. The molecule has 1 aromatic heterocycles. The Morgan fingerprint density at radius 1 is 1.08 bits per heavy atom. The van der Waals surface area contributed by atoms with Crippen LogP contribution in [0.25, 0.3) is 5.69 Å². The van der Waals surface area contributed by atoms with Crippen molar-refractivity contribution in [2.75, 3.05) is 0 Å². The maximum Gasteiger partial charge on any atom is 0.416 e. The largest absolute Gasteiger partial charge is 0.416 e. The van der Waals surface area contributed by atoms with Crippen LogP contribution >= 0.6 is 0 Å². The third kappa shape index (κ3) is 2.56. The molecule has 0 fully saturated rings. The smallest absolute Gasteiger partial charge is 0.340 e. The van der Waals surface area contributed by atoms with E-state index in [0.717, 1.165) is 17.8 Å². The molecular weight excluding hydrogens is 343 g/mol. The molecule has 0 saturated heterocycles. The van der Waals surface area contributed by atoms with Gasteiger partial charge in [-0.2, -0.15) is 18.3 Å². The number of alkyl halides is 3. The van der Waals surface area contributed by atoms with Gasteiger partial charge in [-0.1, -0.05) is 30.3 Å². The minimum Gasteiger partial charge on any atom is -0.340 e. The third-order valence-electron chi connectivity index (χ3n) is 4.43. The lowest BCUT2D eigenvalue weighted by Gasteiger charge is -2.14. The van der Waals surface area contributed by atoms with Gasteiger partial charge in [0.1, 0.15) is 5.69 Å². The van der Waals surface area contributed by atoms with Crippen LogP contribution in [0.1, 0.15) is 38.9 Å². The summed E-state index contributed by atoms with van der Waals surface area (Å²) in [5.74, 6) is -0.355. The highest BCUT2D eigenvalue weighted by atomic mass is 19.4. The van der Waals surface area contributed by atoms with Crippen LogP contribution in [0.5, 0.6) is 0 Å². The molecule has 1 N–H and O–H groups in total. The Morgan fingerprint density at radius 2 is 1.81 bits per heavy atom. The summed E-state index contributed by atoms with van der Waals surface area (Å²) in [6.45, 7) is 1.75. The number of para-hydroxylation sites is 1. The number of hydrogen-bond acceptors (Lipinski definition) is 2. The van der Waals surface area contributed by atoms with E-state index in [9.17, 15) is 18.0 Å². The molecule has 1 aliphatic heterocycles. The Balaban J connectivity index is 1.84. The Bertz CT molecular complexity index is 993. The number of rotatable bonds is 2. The zero-order valence-corrected chi connectivity index (χ0v) is 13.7. The summed E-state index contributed by atoms with van der Waals surface area (Å²) in [6, 6.07) is 13.5. The normalized spacial score (nSPS) is 16.5. The molecule has 0 spiro atoms. The molecule has 4 rings (SSSR count). The van der Waals surface area contributed by atoms with Crippen molar-refractivity contribution in [1.82, 2.24) is 15.1 Å². The maximum atomic E-state index is 13.0. The van der Waals surface area contributed by atoms with Crippen molar-refractivity contribution in [3.63, 3.8) is 0 Å². The highest BCUT2D eigenvalue weighted by Crippen LogP contribution is 2.37. The summed E-state index contributed by atoms with van der Waals surface area (Å²) in [5, 5.41) is 7.21. The van der Waals surface area contributed by atoms with Gasteiger partial charge in [0.05, 0.1) is 23.0 Å². The van der Waals surface area contributed by atoms with Gasteiger partial charge in [-0.05, 0) is 36.8 Å². The van der Waals surface area contributed by atoms with Crippen molar-refractivity contribution >= 4 is 5.91 Å². The minimum absolute atomic E-state index is 0.355. The summed E-state index contributed by atoms with van der Waals surface area (Å²) >= 11 is 0. The predicted molar refractivity (Wildman–Crippen MR) is 89.1 cm³/mol. The van der Waals surface area contributed by atoms with Crippen molar-refractivity contribution in [2.24, 2.45) is 0 Å². The second-order valence-electron chi connectivity index (χ2n) is 6.12. The van der Waals surface area contributed by atoms with Crippen molar-refractivity contribution in [3.05, 3.63) is 82.7 Å². The predicted octanol–water partition coefficient (Wildman–Crippen LogP) is 4.03. The van der Waals surface area contributed by atoms with Gasteiger partial charge in [-0.15, -0.1) is 0 Å². The molecule has 3 aromatic rings. The number of aromatic nitrogens is 2. The molecule has 0 saturated carbocycles. The zero-order valence-electron chi connectivity index (χ0n) is 13.7. The van der Waals surface area contributed by atoms with Crippen molar-refractivity contribution in [3.8, 4) is 5.69 Å². The molecule has 132 valence electrons. The van der Waals surface area contributed by atoms with Crippen LogP contribution in [0.2, 0.25) is 0 Å². The van der Waals surface area contributed by atoms with Gasteiger partial charge in [-0.25, -0.2) is 4.68 Å². The highest BCUT2D eigenvalue weighted by molar-refractivity contribution is 5.99. The first kappa shape index (κ1) is 16.4. The SMILES string of the molecule is Cc1nn(-c2ccccc2)c2c1C(c1cccc(C(F)(F)F)c1)NC2=O. The average Bonchev–Trinajstić information content (AvgIpc) is 3.14. The van der Waals surface area contributed by atoms with Gasteiger partial charge < -0.3 is 5.32 Å². The molecule has 0 bridgehead atoms. The molecule has 7 heteroatoms. The fourth-order valence-electron chi connectivity index (χ4n) is 3.28. The Hall–Kier alpha value is -3.09. The van der Waals surface area contributed by atoms with E-state index in [2.05, 4.69) is 10.4 Å². The van der Waals surface area contributed by atoms with E-state index in [1.165, 1.54) is 10.7 Å². The molecule has 1 amide bonds. The van der Waals surface area contributed by atoms with Crippen molar-refractivity contribution < 1.29 is 18.0 Å². The monoisotopic (exact) mass is 357 g/mol. The van der Waals surface area contributed by atoms with E-state index >= 15 is 0 Å². The van der Waals surface area contributed by atoms with Gasteiger partial charge in [0.25, 0.3) is 5.91 Å². The molecule has 1 atom stereocenters. The summed E-state index contributed by atoms with van der Waals surface area (Å²) in [6.07, 6.45) is -4.44. The number of nitrogens with one attached hydrogen (secondary N) is 1. The number of fused-ring (bicyclic) bond motifs is 1. The first-order chi connectivity index (χ1) is 12.4. The van der Waals surface area contributed by atoms with E-state index < -0.39 is 17.8 Å². The van der Waals surface area contributed by atoms with Crippen molar-refractivity contribution in [2.45, 2.75) is 19.1 Å². The average molecular weight is 357 g/mol. The maximum absolute atomic E-state index is 13.0. The Labute approximate surface area is 147 Å². The standard InChI is InChI=1S/C19H14F3N3O/c1-11-15-16(12-6-5-7-13(10-12)19(20,21)22)23-18(26)17(15)25(24-11)14-8-3-2-4-9-14/h2-10,16H,1H3,(H,23,26). The number of aryl methyl sites for hydroxylation is 1. The second kappa shape index (κ2) is 5.72. The lowest BCUT2D eigenvalue weighted by Crippen LogP contribution is -2.23. The number of halogens is 3. The van der Waals surface area contributed by atoms with Gasteiger partial charge in [0.15, 0.2) is 0 Å². The molecule has 26 heavy (non-hydrogen) atoms. The molecule has 2 heterocycles. The number of hydrogen-bond donors (Lipinski definition) is 1. The van der Waals surface area contributed by atoms with Crippen LogP contribution in [0, 0.1) is 6.92 Å². The highest BCUT2D eigenvalue weighted by Gasteiger charge is 2.38. The molecule has 1 unspecified atom stereocenters. The van der Waals surface area contributed by atoms with Gasteiger partial charge in [-0.3, -0.25) is 4.79 Å².